The molecule has 7 heteroatoms. The zero-order chi connectivity index (χ0) is 23.7. The topological polar surface area (TPSA) is 50.6 Å². The van der Waals surface area contributed by atoms with Gasteiger partial charge in [0.2, 0.25) is 0 Å². The lowest BCUT2D eigenvalue weighted by Crippen LogP contribution is -2.35. The quantitative estimate of drug-likeness (QED) is 0.491. The molecule has 0 atom stereocenters. The van der Waals surface area contributed by atoms with Gasteiger partial charge in [-0.3, -0.25) is 9.69 Å². The van der Waals surface area contributed by atoms with Gasteiger partial charge in [-0.25, -0.2) is 9.07 Å². The van der Waals surface area contributed by atoms with Crippen molar-refractivity contribution >= 4 is 5.91 Å². The van der Waals surface area contributed by atoms with E-state index in [0.29, 0.717) is 23.5 Å². The zero-order valence-corrected chi connectivity index (χ0v) is 19.8. The van der Waals surface area contributed by atoms with Gasteiger partial charge in [0, 0.05) is 31.1 Å². The van der Waals surface area contributed by atoms with Crippen molar-refractivity contribution in [2.24, 2.45) is 0 Å². The van der Waals surface area contributed by atoms with Gasteiger partial charge in [-0.2, -0.15) is 5.10 Å². The molecule has 178 valence electrons. The number of halogens is 1. The number of carbonyl (C=O) groups excluding carboxylic acids is 1. The van der Waals surface area contributed by atoms with Crippen LogP contribution in [0.25, 0.3) is 5.69 Å². The van der Waals surface area contributed by atoms with Gasteiger partial charge >= 0.3 is 0 Å². The van der Waals surface area contributed by atoms with Crippen LogP contribution >= 0.6 is 0 Å². The normalized spacial score (nSPS) is 15.7. The molecule has 1 fully saturated rings. The van der Waals surface area contributed by atoms with Gasteiger partial charge in [0.15, 0.2) is 0 Å². The summed E-state index contributed by atoms with van der Waals surface area (Å²) in [5.74, 6) is 0.237. The molecule has 2 aliphatic rings. The zero-order valence-electron chi connectivity index (χ0n) is 19.8. The van der Waals surface area contributed by atoms with Gasteiger partial charge in [-0.1, -0.05) is 31.2 Å². The summed E-state index contributed by atoms with van der Waals surface area (Å²) in [4.78, 5) is 18.0. The first-order chi connectivity index (χ1) is 16.6. The van der Waals surface area contributed by atoms with Crippen molar-refractivity contribution in [1.29, 1.82) is 0 Å². The summed E-state index contributed by atoms with van der Waals surface area (Å²) in [6.45, 7) is 5.29. The molecular weight excluding hydrogens is 431 g/mol. The van der Waals surface area contributed by atoms with Crippen LogP contribution < -0.4 is 4.74 Å². The Morgan fingerprint density at radius 1 is 1.18 bits per heavy atom. The average molecular weight is 463 g/mol. The molecule has 3 aromatic rings. The highest BCUT2D eigenvalue weighted by atomic mass is 19.1. The molecule has 1 aliphatic carbocycles. The molecule has 0 saturated heterocycles. The number of nitrogens with zero attached hydrogens (tertiary/aromatic N) is 4. The van der Waals surface area contributed by atoms with E-state index in [9.17, 15) is 9.18 Å². The first kappa shape index (κ1) is 22.6. The van der Waals surface area contributed by atoms with Crippen LogP contribution in [0.5, 0.6) is 5.75 Å². The maximum Gasteiger partial charge on any atom is 0.258 e. The molecule has 1 saturated carbocycles. The van der Waals surface area contributed by atoms with Crippen LogP contribution in [0.15, 0.2) is 48.5 Å². The Labute approximate surface area is 199 Å². The second-order valence-electron chi connectivity index (χ2n) is 9.13. The number of rotatable bonds is 8. The molecule has 1 aliphatic heterocycles. The number of aromatic nitrogens is 2. The van der Waals surface area contributed by atoms with E-state index in [1.165, 1.54) is 6.07 Å². The van der Waals surface area contributed by atoms with Gasteiger partial charge < -0.3 is 9.64 Å². The van der Waals surface area contributed by atoms with Crippen LogP contribution in [0.1, 0.15) is 53.5 Å². The van der Waals surface area contributed by atoms with Crippen molar-refractivity contribution in [3.8, 4) is 11.4 Å². The van der Waals surface area contributed by atoms with E-state index >= 15 is 0 Å². The number of benzene rings is 2. The Balaban J connectivity index is 1.53. The Bertz CT molecular complexity index is 1190. The second-order valence-corrected chi connectivity index (χ2v) is 9.13. The fourth-order valence-corrected chi connectivity index (χ4v) is 4.89. The highest BCUT2D eigenvalue weighted by Crippen LogP contribution is 2.34. The van der Waals surface area contributed by atoms with Gasteiger partial charge in [0.05, 0.1) is 30.6 Å². The molecule has 2 aromatic carbocycles. The Morgan fingerprint density at radius 3 is 2.68 bits per heavy atom. The SMILES string of the molecule is CCCN1CCc2c(c(CN(C(=O)c3ccccc3OC)C3CC3)nn2-c2ccccc2F)C1. The predicted octanol–water partition coefficient (Wildman–Crippen LogP) is 4.59. The first-order valence-corrected chi connectivity index (χ1v) is 12.1. The standard InChI is InChI=1S/C27H31FN4O2/c1-3-15-30-16-14-24-21(17-30)23(29-32(24)25-10-6-5-9-22(25)28)18-31(19-12-13-19)27(33)20-8-4-7-11-26(20)34-2/h4-11,19H,3,12-18H2,1-2H3. The minimum absolute atomic E-state index is 0.0460. The Hall–Kier alpha value is -3.19. The molecule has 0 bridgehead atoms. The van der Waals surface area contributed by atoms with Crippen LogP contribution in [0, 0.1) is 5.82 Å². The number of carbonyl (C=O) groups is 1. The third-order valence-corrected chi connectivity index (χ3v) is 6.75. The number of hydrogen-bond acceptors (Lipinski definition) is 4. The van der Waals surface area contributed by atoms with Crippen molar-refractivity contribution < 1.29 is 13.9 Å². The van der Waals surface area contributed by atoms with Crippen molar-refractivity contribution in [2.75, 3.05) is 20.2 Å². The van der Waals surface area contributed by atoms with E-state index in [4.69, 9.17) is 9.84 Å². The fraction of sp³-hybridized carbons (Fsp3) is 0.407. The molecule has 5 rings (SSSR count). The number of hydrogen-bond donors (Lipinski definition) is 0. The lowest BCUT2D eigenvalue weighted by atomic mass is 10.0. The number of methoxy groups -OCH3 is 1. The molecular formula is C27H31FN4O2. The lowest BCUT2D eigenvalue weighted by Gasteiger charge is -2.28. The first-order valence-electron chi connectivity index (χ1n) is 12.1. The third kappa shape index (κ3) is 4.32. The number of ether oxygens (including phenoxy) is 1. The molecule has 2 heterocycles. The van der Waals surface area contributed by atoms with Gasteiger partial charge in [-0.05, 0) is 50.1 Å². The van der Waals surface area contributed by atoms with Crippen LogP contribution in [0.2, 0.25) is 0 Å². The average Bonchev–Trinajstić information content (AvgIpc) is 3.64. The van der Waals surface area contributed by atoms with Crippen molar-refractivity contribution in [2.45, 2.75) is 51.7 Å². The van der Waals surface area contributed by atoms with E-state index in [0.717, 1.165) is 62.3 Å². The Morgan fingerprint density at radius 2 is 1.94 bits per heavy atom. The maximum atomic E-state index is 14.7. The molecule has 6 nitrogen and oxygen atoms in total. The lowest BCUT2D eigenvalue weighted by molar-refractivity contribution is 0.0723. The number of fused-ring (bicyclic) bond motifs is 1. The molecule has 0 unspecified atom stereocenters. The molecule has 0 radical (unpaired) electrons. The van der Waals surface area contributed by atoms with E-state index in [1.807, 2.05) is 35.2 Å². The largest absolute Gasteiger partial charge is 0.496 e. The smallest absolute Gasteiger partial charge is 0.258 e. The van der Waals surface area contributed by atoms with Crippen LogP contribution in [-0.4, -0.2) is 51.7 Å². The van der Waals surface area contributed by atoms with Crippen molar-refractivity contribution in [1.82, 2.24) is 19.6 Å². The van der Waals surface area contributed by atoms with Crippen LogP contribution in [0.4, 0.5) is 4.39 Å². The maximum absolute atomic E-state index is 14.7. The van der Waals surface area contributed by atoms with E-state index in [2.05, 4.69) is 11.8 Å². The summed E-state index contributed by atoms with van der Waals surface area (Å²) in [5, 5.41) is 4.91. The minimum Gasteiger partial charge on any atom is -0.496 e. The number of para-hydroxylation sites is 2. The molecule has 34 heavy (non-hydrogen) atoms. The number of amides is 1. The summed E-state index contributed by atoms with van der Waals surface area (Å²) in [6.07, 6.45) is 3.85. The molecule has 1 amide bonds. The van der Waals surface area contributed by atoms with Gasteiger partial charge in [-0.15, -0.1) is 0 Å². The van der Waals surface area contributed by atoms with E-state index in [1.54, 1.807) is 23.9 Å². The highest BCUT2D eigenvalue weighted by Gasteiger charge is 2.36. The van der Waals surface area contributed by atoms with E-state index < -0.39 is 0 Å². The monoisotopic (exact) mass is 462 g/mol. The van der Waals surface area contributed by atoms with Crippen LogP contribution in [-0.2, 0) is 19.5 Å². The molecule has 0 spiro atoms. The van der Waals surface area contributed by atoms with Crippen LogP contribution in [0.3, 0.4) is 0 Å². The van der Waals surface area contributed by atoms with Gasteiger partial charge in [0.25, 0.3) is 5.91 Å². The van der Waals surface area contributed by atoms with E-state index in [-0.39, 0.29) is 17.8 Å². The predicted molar refractivity (Wildman–Crippen MR) is 129 cm³/mol. The van der Waals surface area contributed by atoms with Crippen molar-refractivity contribution in [3.05, 3.63) is 76.9 Å². The summed E-state index contributed by atoms with van der Waals surface area (Å²) < 4.78 is 22.0. The summed E-state index contributed by atoms with van der Waals surface area (Å²) in [5.41, 5.74) is 4.05. The van der Waals surface area contributed by atoms with Gasteiger partial charge in [0.1, 0.15) is 17.3 Å². The second kappa shape index (κ2) is 9.58. The summed E-state index contributed by atoms with van der Waals surface area (Å²) in [7, 11) is 1.59. The summed E-state index contributed by atoms with van der Waals surface area (Å²) in [6, 6.07) is 14.3. The molecule has 0 N–H and O–H groups in total. The third-order valence-electron chi connectivity index (χ3n) is 6.75. The summed E-state index contributed by atoms with van der Waals surface area (Å²) >= 11 is 0. The Kier molecular flexibility index (Phi) is 6.37. The molecule has 1 aromatic heterocycles. The van der Waals surface area contributed by atoms with Crippen molar-refractivity contribution in [3.63, 3.8) is 0 Å². The minimum atomic E-state index is -0.292. The highest BCUT2D eigenvalue weighted by molar-refractivity contribution is 5.97. The fourth-order valence-electron chi connectivity index (χ4n) is 4.89.